The van der Waals surface area contributed by atoms with E-state index < -0.39 is 0 Å². The van der Waals surface area contributed by atoms with E-state index in [1.165, 1.54) is 0 Å². The van der Waals surface area contributed by atoms with Gasteiger partial charge in [-0.1, -0.05) is 18.2 Å². The van der Waals surface area contributed by atoms with Gasteiger partial charge in [0.2, 0.25) is 0 Å². The Morgan fingerprint density at radius 1 is 1.14 bits per heavy atom. The summed E-state index contributed by atoms with van der Waals surface area (Å²) in [6, 6.07) is 11.5. The predicted octanol–water partition coefficient (Wildman–Crippen LogP) is 2.92. The first-order valence-corrected chi connectivity index (χ1v) is 7.01. The number of Topliss-reactive ketones (excluding diaryl/α,β-unsaturated/α-hetero) is 1. The normalized spacial score (nSPS) is 10.6. The third-order valence-corrected chi connectivity index (χ3v) is 3.55. The van der Waals surface area contributed by atoms with Crippen LogP contribution < -0.4 is 4.74 Å². The van der Waals surface area contributed by atoms with Crippen LogP contribution in [0.25, 0.3) is 0 Å². The van der Waals surface area contributed by atoms with Crippen LogP contribution in [0.2, 0.25) is 0 Å². The fourth-order valence-electron chi connectivity index (χ4n) is 2.12. The van der Waals surface area contributed by atoms with Gasteiger partial charge in [-0.2, -0.15) is 0 Å². The fourth-order valence-corrected chi connectivity index (χ4v) is 2.12. The highest BCUT2D eigenvalue weighted by Gasteiger charge is 2.13. The van der Waals surface area contributed by atoms with Crippen molar-refractivity contribution in [1.82, 2.24) is 4.57 Å². The lowest BCUT2D eigenvalue weighted by Crippen LogP contribution is -2.14. The van der Waals surface area contributed by atoms with Crippen LogP contribution in [0.3, 0.4) is 0 Å². The standard InChI is InChI=1S/C17H21NO3/c1-13-11-16(14(2)18(13)3)17(19)12-20-9-10-21-15-7-5-4-6-8-15/h4-8,11H,9-10,12H2,1-3H3. The van der Waals surface area contributed by atoms with Crippen molar-refractivity contribution in [3.63, 3.8) is 0 Å². The summed E-state index contributed by atoms with van der Waals surface area (Å²) in [5.41, 5.74) is 2.78. The molecule has 0 bridgehead atoms. The molecular formula is C17H21NO3. The van der Waals surface area contributed by atoms with Gasteiger partial charge in [0.25, 0.3) is 0 Å². The van der Waals surface area contributed by atoms with Crippen LogP contribution >= 0.6 is 0 Å². The van der Waals surface area contributed by atoms with E-state index in [0.717, 1.165) is 22.7 Å². The Bertz CT molecular complexity index is 602. The smallest absolute Gasteiger partial charge is 0.190 e. The van der Waals surface area contributed by atoms with Gasteiger partial charge in [0.1, 0.15) is 19.0 Å². The maximum Gasteiger partial charge on any atom is 0.190 e. The van der Waals surface area contributed by atoms with Gasteiger partial charge in [0.05, 0.1) is 6.61 Å². The monoisotopic (exact) mass is 287 g/mol. The summed E-state index contributed by atoms with van der Waals surface area (Å²) in [7, 11) is 1.95. The Kier molecular flexibility index (Phi) is 5.17. The van der Waals surface area contributed by atoms with Crippen molar-refractivity contribution in [3.05, 3.63) is 53.3 Å². The highest BCUT2D eigenvalue weighted by Crippen LogP contribution is 2.14. The lowest BCUT2D eigenvalue weighted by atomic mass is 10.1. The van der Waals surface area contributed by atoms with Crippen molar-refractivity contribution in [3.8, 4) is 5.75 Å². The number of rotatable bonds is 7. The number of carbonyl (C=O) groups excluding carboxylic acids is 1. The second-order valence-electron chi connectivity index (χ2n) is 4.98. The summed E-state index contributed by atoms with van der Waals surface area (Å²) in [5.74, 6) is 0.817. The van der Waals surface area contributed by atoms with Crippen molar-refractivity contribution in [2.75, 3.05) is 19.8 Å². The molecule has 0 aliphatic heterocycles. The van der Waals surface area contributed by atoms with Gasteiger partial charge in [-0.3, -0.25) is 4.79 Å². The van der Waals surface area contributed by atoms with Crippen molar-refractivity contribution in [2.24, 2.45) is 7.05 Å². The van der Waals surface area contributed by atoms with E-state index in [1.54, 1.807) is 0 Å². The fraction of sp³-hybridized carbons (Fsp3) is 0.353. The Labute approximate surface area is 125 Å². The number of ketones is 1. The summed E-state index contributed by atoms with van der Waals surface area (Å²) in [5, 5.41) is 0. The van der Waals surface area contributed by atoms with E-state index in [4.69, 9.17) is 9.47 Å². The largest absolute Gasteiger partial charge is 0.491 e. The molecule has 0 aliphatic rings. The van der Waals surface area contributed by atoms with Crippen LogP contribution in [0.1, 0.15) is 21.7 Å². The van der Waals surface area contributed by atoms with Crippen LogP contribution in [0.5, 0.6) is 5.75 Å². The number of nitrogens with zero attached hydrogens (tertiary/aromatic N) is 1. The number of benzene rings is 1. The molecule has 1 aromatic heterocycles. The molecule has 0 atom stereocenters. The molecule has 0 N–H and O–H groups in total. The second kappa shape index (κ2) is 7.09. The minimum absolute atomic E-state index is 0.0101. The molecule has 0 saturated carbocycles. The summed E-state index contributed by atoms with van der Waals surface area (Å²) in [6.07, 6.45) is 0. The van der Waals surface area contributed by atoms with Crippen molar-refractivity contribution in [2.45, 2.75) is 13.8 Å². The zero-order valence-electron chi connectivity index (χ0n) is 12.8. The molecule has 0 radical (unpaired) electrons. The Morgan fingerprint density at radius 3 is 2.48 bits per heavy atom. The Morgan fingerprint density at radius 2 is 1.86 bits per heavy atom. The van der Waals surface area contributed by atoms with Crippen LogP contribution in [-0.4, -0.2) is 30.2 Å². The van der Waals surface area contributed by atoms with E-state index in [2.05, 4.69) is 0 Å². The molecule has 0 unspecified atom stereocenters. The van der Waals surface area contributed by atoms with E-state index in [0.29, 0.717) is 13.2 Å². The van der Waals surface area contributed by atoms with Crippen LogP contribution in [0.4, 0.5) is 0 Å². The molecule has 4 heteroatoms. The van der Waals surface area contributed by atoms with E-state index in [-0.39, 0.29) is 12.4 Å². The lowest BCUT2D eigenvalue weighted by molar-refractivity contribution is 0.0687. The summed E-state index contributed by atoms with van der Waals surface area (Å²) >= 11 is 0. The number of hydrogen-bond acceptors (Lipinski definition) is 3. The van der Waals surface area contributed by atoms with E-state index >= 15 is 0 Å². The van der Waals surface area contributed by atoms with Crippen LogP contribution in [0.15, 0.2) is 36.4 Å². The molecule has 0 amide bonds. The first kappa shape index (κ1) is 15.3. The molecule has 1 heterocycles. The van der Waals surface area contributed by atoms with Crippen LogP contribution in [-0.2, 0) is 11.8 Å². The molecule has 112 valence electrons. The first-order chi connectivity index (χ1) is 10.1. The Balaban J connectivity index is 1.73. The van der Waals surface area contributed by atoms with Gasteiger partial charge in [0, 0.05) is 24.0 Å². The van der Waals surface area contributed by atoms with Gasteiger partial charge in [-0.15, -0.1) is 0 Å². The topological polar surface area (TPSA) is 40.5 Å². The maximum absolute atomic E-state index is 12.1. The van der Waals surface area contributed by atoms with Crippen LogP contribution in [0, 0.1) is 13.8 Å². The van der Waals surface area contributed by atoms with E-state index in [9.17, 15) is 4.79 Å². The van der Waals surface area contributed by atoms with Gasteiger partial charge < -0.3 is 14.0 Å². The molecule has 0 aliphatic carbocycles. The number of carbonyl (C=O) groups is 1. The Hall–Kier alpha value is -2.07. The average Bonchev–Trinajstić information content (AvgIpc) is 2.75. The second-order valence-corrected chi connectivity index (χ2v) is 4.98. The first-order valence-electron chi connectivity index (χ1n) is 7.01. The zero-order chi connectivity index (χ0) is 15.2. The third-order valence-electron chi connectivity index (χ3n) is 3.55. The maximum atomic E-state index is 12.1. The zero-order valence-corrected chi connectivity index (χ0v) is 12.8. The van der Waals surface area contributed by atoms with Crippen molar-refractivity contribution < 1.29 is 14.3 Å². The number of hydrogen-bond donors (Lipinski definition) is 0. The molecule has 21 heavy (non-hydrogen) atoms. The average molecular weight is 287 g/mol. The molecule has 0 saturated heterocycles. The van der Waals surface area contributed by atoms with Gasteiger partial charge in [-0.25, -0.2) is 0 Å². The highest BCUT2D eigenvalue weighted by atomic mass is 16.5. The number of aromatic nitrogens is 1. The number of ether oxygens (including phenoxy) is 2. The molecule has 4 nitrogen and oxygen atoms in total. The molecule has 2 rings (SSSR count). The molecular weight excluding hydrogens is 266 g/mol. The predicted molar refractivity (Wildman–Crippen MR) is 82.0 cm³/mol. The van der Waals surface area contributed by atoms with Gasteiger partial charge in [-0.05, 0) is 32.0 Å². The molecule has 2 aromatic rings. The highest BCUT2D eigenvalue weighted by molar-refractivity contribution is 5.98. The molecule has 0 fully saturated rings. The summed E-state index contributed by atoms with van der Waals surface area (Å²) < 4.78 is 12.9. The molecule has 1 aromatic carbocycles. The summed E-state index contributed by atoms with van der Waals surface area (Å²) in [6.45, 7) is 4.84. The quantitative estimate of drug-likeness (QED) is 0.580. The SMILES string of the molecule is Cc1cc(C(=O)COCCOc2ccccc2)c(C)n1C. The minimum atomic E-state index is 0.0101. The third kappa shape index (κ3) is 3.95. The minimum Gasteiger partial charge on any atom is -0.491 e. The summed E-state index contributed by atoms with van der Waals surface area (Å²) in [4.78, 5) is 12.1. The number of para-hydroxylation sites is 1. The van der Waals surface area contributed by atoms with Crippen molar-refractivity contribution in [1.29, 1.82) is 0 Å². The van der Waals surface area contributed by atoms with Gasteiger partial charge in [0.15, 0.2) is 5.78 Å². The molecule has 0 spiro atoms. The van der Waals surface area contributed by atoms with Gasteiger partial charge >= 0.3 is 0 Å². The lowest BCUT2D eigenvalue weighted by Gasteiger charge is -2.07. The van der Waals surface area contributed by atoms with E-state index in [1.807, 2.05) is 61.9 Å². The number of aryl methyl sites for hydroxylation is 1. The van der Waals surface area contributed by atoms with Crippen molar-refractivity contribution >= 4 is 5.78 Å².